The van der Waals surface area contributed by atoms with E-state index in [1.165, 1.54) is 6.92 Å². The molecule has 15 heavy (non-hydrogen) atoms. The van der Waals surface area contributed by atoms with E-state index in [4.69, 9.17) is 27.9 Å². The van der Waals surface area contributed by atoms with Crippen LogP contribution >= 0.6 is 23.2 Å². The van der Waals surface area contributed by atoms with Gasteiger partial charge in [0.2, 0.25) is 6.10 Å². The Kier molecular flexibility index (Phi) is 4.12. The first-order valence-electron chi connectivity index (χ1n) is 4.13. The molecule has 0 fully saturated rings. The van der Waals surface area contributed by atoms with Gasteiger partial charge in [0.05, 0.1) is 0 Å². The van der Waals surface area contributed by atoms with Crippen LogP contribution in [0.15, 0.2) is 24.3 Å². The van der Waals surface area contributed by atoms with E-state index in [2.05, 4.69) is 0 Å². The van der Waals surface area contributed by atoms with E-state index in [-0.39, 0.29) is 0 Å². The molecule has 0 radical (unpaired) electrons. The topological polar surface area (TPSA) is 43.4 Å². The van der Waals surface area contributed by atoms with Crippen molar-refractivity contribution in [2.24, 2.45) is 0 Å². The number of hydrogen-bond donors (Lipinski definition) is 0. The molecule has 80 valence electrons. The van der Waals surface area contributed by atoms with Crippen LogP contribution in [0.1, 0.15) is 18.6 Å². The van der Waals surface area contributed by atoms with Crippen LogP contribution in [0.25, 0.3) is 0 Å². The highest BCUT2D eigenvalue weighted by Crippen LogP contribution is 2.27. The molecule has 1 rings (SSSR count). The van der Waals surface area contributed by atoms with E-state index in [0.717, 1.165) is 0 Å². The van der Waals surface area contributed by atoms with Gasteiger partial charge in [0.25, 0.3) is 5.24 Å². The molecule has 0 aliphatic carbocycles. The second kappa shape index (κ2) is 5.14. The van der Waals surface area contributed by atoms with Gasteiger partial charge in [-0.25, -0.2) is 0 Å². The summed E-state index contributed by atoms with van der Waals surface area (Å²) in [6, 6.07) is 6.55. The summed E-state index contributed by atoms with van der Waals surface area (Å²) in [6.07, 6.45) is -1.14. The molecule has 0 unspecified atom stereocenters. The monoisotopic (exact) mass is 246 g/mol. The minimum Gasteiger partial charge on any atom is -0.448 e. The molecule has 5 heteroatoms. The molecule has 0 bridgehead atoms. The highest BCUT2D eigenvalue weighted by Gasteiger charge is 2.23. The Morgan fingerprint density at radius 3 is 2.40 bits per heavy atom. The molecule has 0 aromatic heterocycles. The minimum absolute atomic E-state index is 0.331. The number of hydrogen-bond acceptors (Lipinski definition) is 3. The van der Waals surface area contributed by atoms with Gasteiger partial charge >= 0.3 is 5.97 Å². The van der Waals surface area contributed by atoms with Gasteiger partial charge in [0.1, 0.15) is 0 Å². The van der Waals surface area contributed by atoms with Crippen molar-refractivity contribution in [3.63, 3.8) is 0 Å². The summed E-state index contributed by atoms with van der Waals surface area (Å²) >= 11 is 11.2. The average Bonchev–Trinajstić information content (AvgIpc) is 2.15. The molecule has 0 aliphatic rings. The Morgan fingerprint density at radius 2 is 1.93 bits per heavy atom. The second-order valence-electron chi connectivity index (χ2n) is 2.82. The summed E-state index contributed by atoms with van der Waals surface area (Å²) in [6.45, 7) is 1.20. The van der Waals surface area contributed by atoms with Crippen molar-refractivity contribution in [3.8, 4) is 0 Å². The number of carbonyl (C=O) groups is 2. The lowest BCUT2D eigenvalue weighted by atomic mass is 10.1. The van der Waals surface area contributed by atoms with Crippen LogP contribution in [0.3, 0.4) is 0 Å². The molecule has 0 saturated heterocycles. The number of ether oxygens (including phenoxy) is 1. The fraction of sp³-hybridized carbons (Fsp3) is 0.200. The molecule has 0 saturated carbocycles. The first-order valence-corrected chi connectivity index (χ1v) is 4.89. The highest BCUT2D eigenvalue weighted by molar-refractivity contribution is 6.64. The van der Waals surface area contributed by atoms with Crippen molar-refractivity contribution in [3.05, 3.63) is 34.9 Å². The predicted molar refractivity (Wildman–Crippen MR) is 56.8 cm³/mol. The first kappa shape index (κ1) is 12.0. The SMILES string of the molecule is CC(=O)O[C@@H](C(=O)Cl)c1ccccc1Cl. The third-order valence-electron chi connectivity index (χ3n) is 1.68. The summed E-state index contributed by atoms with van der Waals surface area (Å²) in [5.74, 6) is -0.589. The zero-order valence-electron chi connectivity index (χ0n) is 7.87. The second-order valence-corrected chi connectivity index (χ2v) is 3.59. The molecule has 1 aromatic rings. The largest absolute Gasteiger partial charge is 0.448 e. The van der Waals surface area contributed by atoms with Crippen LogP contribution in [-0.2, 0) is 14.3 Å². The average molecular weight is 247 g/mol. The Bertz CT molecular complexity index is 390. The summed E-state index contributed by atoms with van der Waals surface area (Å²) in [5.41, 5.74) is 0.384. The molecule has 0 spiro atoms. The summed E-state index contributed by atoms with van der Waals surface area (Å²) in [7, 11) is 0. The fourth-order valence-corrected chi connectivity index (χ4v) is 1.48. The lowest BCUT2D eigenvalue weighted by Crippen LogP contribution is -2.14. The molecular formula is C10H8Cl2O3. The van der Waals surface area contributed by atoms with Gasteiger partial charge in [-0.2, -0.15) is 0 Å². The summed E-state index contributed by atoms with van der Waals surface area (Å²) in [5, 5.41) is -0.448. The molecule has 1 atom stereocenters. The van der Waals surface area contributed by atoms with E-state index in [9.17, 15) is 9.59 Å². The first-order chi connectivity index (χ1) is 7.02. The van der Waals surface area contributed by atoms with Crippen molar-refractivity contribution in [2.75, 3.05) is 0 Å². The van der Waals surface area contributed by atoms with Crippen molar-refractivity contribution >= 4 is 34.4 Å². The fourth-order valence-electron chi connectivity index (χ4n) is 1.09. The molecule has 0 N–H and O–H groups in total. The maximum atomic E-state index is 11.1. The number of halogens is 2. The Balaban J connectivity index is 3.04. The van der Waals surface area contributed by atoms with E-state index in [0.29, 0.717) is 10.6 Å². The van der Waals surface area contributed by atoms with Gasteiger partial charge in [-0.05, 0) is 17.7 Å². The standard InChI is InChI=1S/C10H8Cl2O3/c1-6(13)15-9(10(12)14)7-4-2-3-5-8(7)11/h2-5,9H,1H3/t9-/m1/s1. The Hall–Kier alpha value is -1.06. The van der Waals surface area contributed by atoms with Gasteiger partial charge in [0, 0.05) is 17.5 Å². The van der Waals surface area contributed by atoms with Crippen molar-refractivity contribution < 1.29 is 14.3 Å². The Morgan fingerprint density at radius 1 is 1.33 bits per heavy atom. The third-order valence-corrected chi connectivity index (χ3v) is 2.22. The smallest absolute Gasteiger partial charge is 0.303 e. The van der Waals surface area contributed by atoms with Gasteiger partial charge in [0.15, 0.2) is 0 Å². The van der Waals surface area contributed by atoms with E-state index in [1.54, 1.807) is 24.3 Å². The van der Waals surface area contributed by atoms with Crippen LogP contribution in [0, 0.1) is 0 Å². The number of carbonyl (C=O) groups excluding carboxylic acids is 2. The number of benzene rings is 1. The quantitative estimate of drug-likeness (QED) is 0.609. The van der Waals surface area contributed by atoms with Gasteiger partial charge < -0.3 is 4.74 Å². The zero-order chi connectivity index (χ0) is 11.4. The lowest BCUT2D eigenvalue weighted by molar-refractivity contribution is -0.150. The molecule has 3 nitrogen and oxygen atoms in total. The van der Waals surface area contributed by atoms with Crippen LogP contribution in [-0.4, -0.2) is 11.2 Å². The van der Waals surface area contributed by atoms with E-state index < -0.39 is 17.3 Å². The van der Waals surface area contributed by atoms with Gasteiger partial charge in [-0.15, -0.1) is 0 Å². The molecule has 0 aliphatic heterocycles. The van der Waals surface area contributed by atoms with Crippen LogP contribution in [0.2, 0.25) is 5.02 Å². The highest BCUT2D eigenvalue weighted by atomic mass is 35.5. The van der Waals surface area contributed by atoms with E-state index >= 15 is 0 Å². The summed E-state index contributed by atoms with van der Waals surface area (Å²) in [4.78, 5) is 21.8. The maximum absolute atomic E-state index is 11.1. The van der Waals surface area contributed by atoms with Crippen molar-refractivity contribution in [1.82, 2.24) is 0 Å². The molecular weight excluding hydrogens is 239 g/mol. The molecule has 1 aromatic carbocycles. The predicted octanol–water partition coefficient (Wildman–Crippen LogP) is 2.71. The maximum Gasteiger partial charge on any atom is 0.303 e. The normalized spacial score (nSPS) is 11.9. The van der Waals surface area contributed by atoms with Crippen LogP contribution < -0.4 is 0 Å². The van der Waals surface area contributed by atoms with Gasteiger partial charge in [-0.3, -0.25) is 9.59 Å². The molecule has 0 amide bonds. The van der Waals surface area contributed by atoms with E-state index in [1.807, 2.05) is 0 Å². The lowest BCUT2D eigenvalue weighted by Gasteiger charge is -2.13. The Labute approximate surface area is 96.9 Å². The minimum atomic E-state index is -1.14. The van der Waals surface area contributed by atoms with Crippen LogP contribution in [0.4, 0.5) is 0 Å². The van der Waals surface area contributed by atoms with Crippen LogP contribution in [0.5, 0.6) is 0 Å². The van der Waals surface area contributed by atoms with Crippen molar-refractivity contribution in [1.29, 1.82) is 0 Å². The third kappa shape index (κ3) is 3.22. The molecule has 0 heterocycles. The zero-order valence-corrected chi connectivity index (χ0v) is 9.38. The van der Waals surface area contributed by atoms with Crippen molar-refractivity contribution in [2.45, 2.75) is 13.0 Å². The number of rotatable bonds is 3. The van der Waals surface area contributed by atoms with Gasteiger partial charge in [-0.1, -0.05) is 29.8 Å². The summed E-state index contributed by atoms with van der Waals surface area (Å²) < 4.78 is 4.77. The number of esters is 1.